The fraction of sp³-hybridized carbons (Fsp3) is 0.481. The highest BCUT2D eigenvalue weighted by molar-refractivity contribution is 6.01. The van der Waals surface area contributed by atoms with Crippen molar-refractivity contribution in [2.45, 2.75) is 31.6 Å². The van der Waals surface area contributed by atoms with Crippen LogP contribution < -0.4 is 24.4 Å². The molecule has 2 aliphatic heterocycles. The molecule has 2 amide bonds. The van der Waals surface area contributed by atoms with Crippen molar-refractivity contribution in [1.29, 1.82) is 0 Å². The molecule has 0 aliphatic carbocycles. The average molecular weight is 483 g/mol. The van der Waals surface area contributed by atoms with Crippen LogP contribution in [0.3, 0.4) is 0 Å². The summed E-state index contributed by atoms with van der Waals surface area (Å²) in [7, 11) is 3.13. The van der Waals surface area contributed by atoms with Crippen molar-refractivity contribution in [3.05, 3.63) is 48.0 Å². The van der Waals surface area contributed by atoms with Crippen molar-refractivity contribution < 1.29 is 28.5 Å². The van der Waals surface area contributed by atoms with Gasteiger partial charge in [0.05, 0.1) is 32.4 Å². The predicted molar refractivity (Wildman–Crippen MR) is 132 cm³/mol. The van der Waals surface area contributed by atoms with Crippen molar-refractivity contribution >= 4 is 17.5 Å². The number of carbonyl (C=O) groups excluding carboxylic acids is 2. The molecule has 0 radical (unpaired) electrons. The van der Waals surface area contributed by atoms with Gasteiger partial charge in [0.15, 0.2) is 0 Å². The zero-order valence-corrected chi connectivity index (χ0v) is 20.7. The quantitative estimate of drug-likeness (QED) is 0.590. The van der Waals surface area contributed by atoms with Gasteiger partial charge in [0.2, 0.25) is 11.8 Å². The molecule has 0 bridgehead atoms. The normalized spacial score (nSPS) is 19.3. The van der Waals surface area contributed by atoms with Gasteiger partial charge in [-0.2, -0.15) is 0 Å². The van der Waals surface area contributed by atoms with E-state index in [0.29, 0.717) is 50.1 Å². The van der Waals surface area contributed by atoms with E-state index in [1.165, 1.54) is 0 Å². The van der Waals surface area contributed by atoms with Crippen LogP contribution in [0.4, 0.5) is 5.69 Å². The monoisotopic (exact) mass is 482 g/mol. The Hall–Kier alpha value is -3.26. The molecule has 1 atom stereocenters. The lowest BCUT2D eigenvalue weighted by atomic mass is 9.74. The first-order chi connectivity index (χ1) is 17.0. The zero-order chi connectivity index (χ0) is 24.8. The lowest BCUT2D eigenvalue weighted by Crippen LogP contribution is -2.46. The number of anilines is 1. The van der Waals surface area contributed by atoms with E-state index in [0.717, 1.165) is 24.2 Å². The topological polar surface area (TPSA) is 86.3 Å². The Bertz CT molecular complexity index is 1030. The third kappa shape index (κ3) is 5.37. The Labute approximate surface area is 206 Å². The minimum Gasteiger partial charge on any atom is -0.497 e. The Morgan fingerprint density at radius 1 is 1.09 bits per heavy atom. The molecular formula is C27H34N2O6. The molecule has 35 heavy (non-hydrogen) atoms. The fourth-order valence-electron chi connectivity index (χ4n) is 4.93. The number of carbonyl (C=O) groups is 2. The third-order valence-electron chi connectivity index (χ3n) is 7.00. The number of rotatable bonds is 9. The smallest absolute Gasteiger partial charge is 0.227 e. The Morgan fingerprint density at radius 3 is 2.46 bits per heavy atom. The highest BCUT2D eigenvalue weighted by atomic mass is 16.5. The Morgan fingerprint density at radius 2 is 1.80 bits per heavy atom. The van der Waals surface area contributed by atoms with Gasteiger partial charge in [-0.3, -0.25) is 9.59 Å². The molecule has 0 aromatic heterocycles. The summed E-state index contributed by atoms with van der Waals surface area (Å²) in [6, 6.07) is 13.4. The molecule has 8 nitrogen and oxygen atoms in total. The number of benzene rings is 2. The first-order valence-corrected chi connectivity index (χ1v) is 12.1. The summed E-state index contributed by atoms with van der Waals surface area (Å²) in [5, 5.41) is 3.16. The first kappa shape index (κ1) is 24.9. The molecule has 1 unspecified atom stereocenters. The van der Waals surface area contributed by atoms with E-state index in [1.54, 1.807) is 37.3 Å². The molecule has 4 rings (SSSR count). The number of amides is 2. The highest BCUT2D eigenvalue weighted by Gasteiger charge is 2.39. The van der Waals surface area contributed by atoms with Gasteiger partial charge in [0.25, 0.3) is 0 Å². The van der Waals surface area contributed by atoms with E-state index < -0.39 is 5.92 Å². The van der Waals surface area contributed by atoms with Gasteiger partial charge in [-0.1, -0.05) is 12.1 Å². The van der Waals surface area contributed by atoms with Crippen LogP contribution in [0.25, 0.3) is 0 Å². The van der Waals surface area contributed by atoms with E-state index in [9.17, 15) is 9.59 Å². The maximum Gasteiger partial charge on any atom is 0.227 e. The summed E-state index contributed by atoms with van der Waals surface area (Å²) in [5.74, 6) is 1.37. The second kappa shape index (κ2) is 11.0. The lowest BCUT2D eigenvalue weighted by molar-refractivity contribution is -0.126. The van der Waals surface area contributed by atoms with Crippen LogP contribution in [0, 0.1) is 5.92 Å². The molecular weight excluding hydrogens is 448 g/mol. The molecule has 188 valence electrons. The Kier molecular flexibility index (Phi) is 7.80. The molecule has 2 fully saturated rings. The number of nitrogens with zero attached hydrogens (tertiary/aromatic N) is 1. The van der Waals surface area contributed by atoms with Gasteiger partial charge in [0, 0.05) is 44.2 Å². The van der Waals surface area contributed by atoms with Crippen molar-refractivity contribution in [2.75, 3.05) is 52.0 Å². The third-order valence-corrected chi connectivity index (χ3v) is 7.00. The van der Waals surface area contributed by atoms with E-state index in [1.807, 2.05) is 19.1 Å². The van der Waals surface area contributed by atoms with E-state index >= 15 is 0 Å². The molecule has 1 N–H and O–H groups in total. The molecule has 2 aromatic rings. The van der Waals surface area contributed by atoms with Crippen LogP contribution in [-0.2, 0) is 19.7 Å². The molecule has 2 aliphatic rings. The van der Waals surface area contributed by atoms with E-state index in [2.05, 4.69) is 17.4 Å². The minimum absolute atomic E-state index is 0.107. The molecule has 0 spiro atoms. The van der Waals surface area contributed by atoms with Crippen molar-refractivity contribution in [1.82, 2.24) is 5.32 Å². The van der Waals surface area contributed by atoms with Gasteiger partial charge in [0.1, 0.15) is 17.2 Å². The molecule has 2 saturated heterocycles. The van der Waals surface area contributed by atoms with Gasteiger partial charge in [-0.05, 0) is 49.6 Å². The maximum absolute atomic E-state index is 13.2. The molecule has 8 heteroatoms. The zero-order valence-electron chi connectivity index (χ0n) is 20.7. The summed E-state index contributed by atoms with van der Waals surface area (Å²) in [6.07, 6.45) is 1.79. The second-order valence-corrected chi connectivity index (χ2v) is 9.01. The number of hydrogen-bond donors (Lipinski definition) is 1. The summed E-state index contributed by atoms with van der Waals surface area (Å²) < 4.78 is 22.0. The number of hydrogen-bond acceptors (Lipinski definition) is 6. The van der Waals surface area contributed by atoms with Crippen LogP contribution in [-0.4, -0.2) is 58.9 Å². The van der Waals surface area contributed by atoms with Crippen LogP contribution >= 0.6 is 0 Å². The lowest BCUT2D eigenvalue weighted by Gasteiger charge is -2.38. The SMILES string of the molecule is CCOc1ccc(C2(CNC(=O)C3CC(=O)N(c4cc(OC)ccc4OC)C3)CCOCC2)cc1. The summed E-state index contributed by atoms with van der Waals surface area (Å²) in [5.41, 5.74) is 1.56. The van der Waals surface area contributed by atoms with Gasteiger partial charge < -0.3 is 29.2 Å². The highest BCUT2D eigenvalue weighted by Crippen LogP contribution is 2.37. The summed E-state index contributed by atoms with van der Waals surface area (Å²) in [6.45, 7) is 4.67. The largest absolute Gasteiger partial charge is 0.497 e. The number of methoxy groups -OCH3 is 2. The van der Waals surface area contributed by atoms with Gasteiger partial charge >= 0.3 is 0 Å². The maximum atomic E-state index is 13.2. The average Bonchev–Trinajstić information content (AvgIpc) is 3.29. The summed E-state index contributed by atoms with van der Waals surface area (Å²) in [4.78, 5) is 27.7. The standard InChI is InChI=1S/C27H34N2O6/c1-4-35-21-7-5-20(6-8-21)27(11-13-34-14-12-27)18-28-26(31)19-15-25(30)29(17-19)23-16-22(32-2)9-10-24(23)33-3/h5-10,16,19H,4,11-15,17-18H2,1-3H3,(H,28,31). The van der Waals surface area contributed by atoms with Crippen LogP contribution in [0.15, 0.2) is 42.5 Å². The van der Waals surface area contributed by atoms with Gasteiger partial charge in [-0.15, -0.1) is 0 Å². The molecule has 2 aromatic carbocycles. The van der Waals surface area contributed by atoms with Crippen molar-refractivity contribution in [3.8, 4) is 17.2 Å². The second-order valence-electron chi connectivity index (χ2n) is 9.01. The predicted octanol–water partition coefficient (Wildman–Crippen LogP) is 3.32. The van der Waals surface area contributed by atoms with Crippen LogP contribution in [0.1, 0.15) is 31.7 Å². The van der Waals surface area contributed by atoms with Crippen LogP contribution in [0.2, 0.25) is 0 Å². The Balaban J connectivity index is 1.46. The first-order valence-electron chi connectivity index (χ1n) is 12.1. The fourth-order valence-corrected chi connectivity index (χ4v) is 4.93. The molecule has 0 saturated carbocycles. The number of ether oxygens (including phenoxy) is 4. The number of nitrogens with one attached hydrogen (secondary N) is 1. The van der Waals surface area contributed by atoms with Crippen molar-refractivity contribution in [3.63, 3.8) is 0 Å². The van der Waals surface area contributed by atoms with E-state index in [-0.39, 0.29) is 23.7 Å². The van der Waals surface area contributed by atoms with Crippen molar-refractivity contribution in [2.24, 2.45) is 5.92 Å². The summed E-state index contributed by atoms with van der Waals surface area (Å²) >= 11 is 0. The van der Waals surface area contributed by atoms with Crippen LogP contribution in [0.5, 0.6) is 17.2 Å². The molecule has 2 heterocycles. The minimum atomic E-state index is -0.435. The van der Waals surface area contributed by atoms with Gasteiger partial charge in [-0.25, -0.2) is 0 Å². The van der Waals surface area contributed by atoms with E-state index in [4.69, 9.17) is 18.9 Å².